The van der Waals surface area contributed by atoms with Gasteiger partial charge in [0, 0.05) is 29.0 Å². The van der Waals surface area contributed by atoms with Crippen molar-refractivity contribution in [3.8, 4) is 5.13 Å². The zero-order valence-corrected chi connectivity index (χ0v) is 13.4. The number of amides is 1. The van der Waals surface area contributed by atoms with Crippen LogP contribution in [0.1, 0.15) is 42.5 Å². The summed E-state index contributed by atoms with van der Waals surface area (Å²) in [5, 5.41) is 5.89. The van der Waals surface area contributed by atoms with Crippen molar-refractivity contribution in [1.29, 1.82) is 0 Å². The van der Waals surface area contributed by atoms with Gasteiger partial charge in [0.15, 0.2) is 5.13 Å². The minimum atomic E-state index is -0.0119. The van der Waals surface area contributed by atoms with Crippen LogP contribution in [0, 0.1) is 19.8 Å². The average Bonchev–Trinajstić information content (AvgIpc) is 2.97. The van der Waals surface area contributed by atoms with Gasteiger partial charge in [0.05, 0.1) is 5.56 Å². The highest BCUT2D eigenvalue weighted by Gasteiger charge is 2.19. The third-order valence-electron chi connectivity index (χ3n) is 3.65. The SMILES string of the molecule is Cc1cc(C(=O)NC(C)C(C)C)c(C)n1-c1nccs1. The first-order valence-corrected chi connectivity index (χ1v) is 7.69. The molecular weight excluding hydrogens is 270 g/mol. The molecular formula is C15H21N3OS. The van der Waals surface area contributed by atoms with Gasteiger partial charge in [-0.25, -0.2) is 4.98 Å². The van der Waals surface area contributed by atoms with E-state index in [0.717, 1.165) is 22.1 Å². The Labute approximate surface area is 123 Å². The van der Waals surface area contributed by atoms with Gasteiger partial charge in [-0.1, -0.05) is 13.8 Å². The maximum Gasteiger partial charge on any atom is 0.253 e. The molecule has 0 aliphatic carbocycles. The van der Waals surface area contributed by atoms with Gasteiger partial charge in [-0.3, -0.25) is 9.36 Å². The van der Waals surface area contributed by atoms with Crippen molar-refractivity contribution in [2.24, 2.45) is 5.92 Å². The number of hydrogen-bond donors (Lipinski definition) is 1. The molecule has 0 aliphatic rings. The standard InChI is InChI=1S/C15H21N3OS/c1-9(2)11(4)17-14(19)13-8-10(3)18(12(13)5)15-16-6-7-20-15/h6-9,11H,1-5H3,(H,17,19). The molecule has 108 valence electrons. The molecule has 0 fully saturated rings. The number of thiazole rings is 1. The summed E-state index contributed by atoms with van der Waals surface area (Å²) in [4.78, 5) is 16.7. The molecule has 2 heterocycles. The number of hydrogen-bond acceptors (Lipinski definition) is 3. The van der Waals surface area contributed by atoms with E-state index in [4.69, 9.17) is 0 Å². The third-order valence-corrected chi connectivity index (χ3v) is 4.40. The molecule has 0 radical (unpaired) electrons. The fourth-order valence-electron chi connectivity index (χ4n) is 2.06. The molecule has 4 nitrogen and oxygen atoms in total. The number of aromatic nitrogens is 2. The molecule has 1 unspecified atom stereocenters. The Bertz CT molecular complexity index is 599. The first-order valence-electron chi connectivity index (χ1n) is 6.81. The number of carbonyl (C=O) groups is 1. The van der Waals surface area contributed by atoms with Crippen LogP contribution < -0.4 is 5.32 Å². The molecule has 2 aromatic heterocycles. The summed E-state index contributed by atoms with van der Waals surface area (Å²) >= 11 is 1.57. The second kappa shape index (κ2) is 5.79. The molecule has 0 aromatic carbocycles. The maximum absolute atomic E-state index is 12.4. The second-order valence-electron chi connectivity index (χ2n) is 5.44. The third kappa shape index (κ3) is 2.77. The van der Waals surface area contributed by atoms with E-state index < -0.39 is 0 Å². The quantitative estimate of drug-likeness (QED) is 0.939. The Morgan fingerprint density at radius 3 is 2.60 bits per heavy atom. The fourth-order valence-corrected chi connectivity index (χ4v) is 2.82. The minimum Gasteiger partial charge on any atom is -0.349 e. The van der Waals surface area contributed by atoms with E-state index >= 15 is 0 Å². The van der Waals surface area contributed by atoms with Gasteiger partial charge in [0.2, 0.25) is 0 Å². The van der Waals surface area contributed by atoms with E-state index in [-0.39, 0.29) is 11.9 Å². The Morgan fingerprint density at radius 2 is 2.05 bits per heavy atom. The van der Waals surface area contributed by atoms with E-state index in [9.17, 15) is 4.79 Å². The van der Waals surface area contributed by atoms with E-state index in [1.807, 2.05) is 36.8 Å². The van der Waals surface area contributed by atoms with Crippen molar-refractivity contribution in [3.63, 3.8) is 0 Å². The van der Waals surface area contributed by atoms with Crippen LogP contribution in [0.4, 0.5) is 0 Å². The van der Waals surface area contributed by atoms with Crippen molar-refractivity contribution in [2.45, 2.75) is 40.7 Å². The lowest BCUT2D eigenvalue weighted by Crippen LogP contribution is -2.36. The largest absolute Gasteiger partial charge is 0.349 e. The van der Waals surface area contributed by atoms with Crippen LogP contribution in [0.25, 0.3) is 5.13 Å². The molecule has 0 saturated heterocycles. The molecule has 5 heteroatoms. The second-order valence-corrected chi connectivity index (χ2v) is 6.31. The van der Waals surface area contributed by atoms with Crippen molar-refractivity contribution in [2.75, 3.05) is 0 Å². The van der Waals surface area contributed by atoms with Crippen LogP contribution in [0.2, 0.25) is 0 Å². The summed E-state index contributed by atoms with van der Waals surface area (Å²) in [5.41, 5.74) is 2.69. The van der Waals surface area contributed by atoms with Crippen LogP contribution in [-0.4, -0.2) is 21.5 Å². The molecule has 0 bridgehead atoms. The van der Waals surface area contributed by atoms with Gasteiger partial charge < -0.3 is 5.32 Å². The summed E-state index contributed by atoms with van der Waals surface area (Å²) < 4.78 is 2.03. The van der Waals surface area contributed by atoms with E-state index in [0.29, 0.717) is 5.92 Å². The van der Waals surface area contributed by atoms with Crippen LogP contribution >= 0.6 is 11.3 Å². The van der Waals surface area contributed by atoms with Crippen LogP contribution in [0.3, 0.4) is 0 Å². The zero-order valence-electron chi connectivity index (χ0n) is 12.6. The lowest BCUT2D eigenvalue weighted by Gasteiger charge is -2.17. The molecule has 2 aromatic rings. The molecule has 1 atom stereocenters. The number of carbonyl (C=O) groups excluding carboxylic acids is 1. The topological polar surface area (TPSA) is 46.9 Å². The Morgan fingerprint density at radius 1 is 1.35 bits per heavy atom. The lowest BCUT2D eigenvalue weighted by molar-refractivity contribution is 0.0930. The summed E-state index contributed by atoms with van der Waals surface area (Å²) in [6, 6.07) is 2.09. The fraction of sp³-hybridized carbons (Fsp3) is 0.467. The zero-order chi connectivity index (χ0) is 14.9. The number of nitrogens with one attached hydrogen (secondary N) is 1. The van der Waals surface area contributed by atoms with Gasteiger partial charge in [-0.15, -0.1) is 11.3 Å². The predicted octanol–water partition coefficient (Wildman–Crippen LogP) is 3.32. The highest BCUT2D eigenvalue weighted by molar-refractivity contribution is 7.12. The minimum absolute atomic E-state index is 0.0119. The Hall–Kier alpha value is -1.62. The van der Waals surface area contributed by atoms with E-state index in [1.165, 1.54) is 0 Å². The van der Waals surface area contributed by atoms with E-state index in [1.54, 1.807) is 17.5 Å². The number of rotatable bonds is 4. The Kier molecular flexibility index (Phi) is 4.28. The van der Waals surface area contributed by atoms with Gasteiger partial charge >= 0.3 is 0 Å². The van der Waals surface area contributed by atoms with Crippen molar-refractivity contribution in [1.82, 2.24) is 14.9 Å². The summed E-state index contributed by atoms with van der Waals surface area (Å²) in [6.45, 7) is 10.2. The molecule has 2 rings (SSSR count). The summed E-state index contributed by atoms with van der Waals surface area (Å²) in [6.07, 6.45) is 1.78. The molecule has 1 amide bonds. The van der Waals surface area contributed by atoms with E-state index in [2.05, 4.69) is 24.1 Å². The summed E-state index contributed by atoms with van der Waals surface area (Å²) in [7, 11) is 0. The van der Waals surface area contributed by atoms with Crippen LogP contribution in [0.5, 0.6) is 0 Å². The number of aryl methyl sites for hydroxylation is 1. The van der Waals surface area contributed by atoms with Crippen molar-refractivity contribution in [3.05, 3.63) is 34.6 Å². The Balaban J connectivity index is 2.31. The lowest BCUT2D eigenvalue weighted by atomic mass is 10.1. The average molecular weight is 291 g/mol. The highest BCUT2D eigenvalue weighted by Crippen LogP contribution is 2.22. The highest BCUT2D eigenvalue weighted by atomic mass is 32.1. The van der Waals surface area contributed by atoms with Crippen molar-refractivity contribution < 1.29 is 4.79 Å². The van der Waals surface area contributed by atoms with Crippen molar-refractivity contribution >= 4 is 17.2 Å². The smallest absolute Gasteiger partial charge is 0.253 e. The molecule has 0 aliphatic heterocycles. The van der Waals surface area contributed by atoms with Gasteiger partial charge in [-0.05, 0) is 32.8 Å². The molecule has 0 spiro atoms. The molecule has 20 heavy (non-hydrogen) atoms. The molecule has 0 saturated carbocycles. The normalized spacial score (nSPS) is 12.7. The van der Waals surface area contributed by atoms with Crippen LogP contribution in [-0.2, 0) is 0 Å². The molecule has 1 N–H and O–H groups in total. The van der Waals surface area contributed by atoms with Gasteiger partial charge in [-0.2, -0.15) is 0 Å². The number of nitrogens with zero attached hydrogens (tertiary/aromatic N) is 2. The van der Waals surface area contributed by atoms with Crippen LogP contribution in [0.15, 0.2) is 17.6 Å². The predicted molar refractivity (Wildman–Crippen MR) is 82.7 cm³/mol. The maximum atomic E-state index is 12.4. The summed E-state index contributed by atoms with van der Waals surface area (Å²) in [5.74, 6) is 0.406. The monoisotopic (exact) mass is 291 g/mol. The van der Waals surface area contributed by atoms with Gasteiger partial charge in [0.1, 0.15) is 0 Å². The van der Waals surface area contributed by atoms with Gasteiger partial charge in [0.25, 0.3) is 5.91 Å². The first-order chi connectivity index (χ1) is 9.41. The first kappa shape index (κ1) is 14.8.